The average molecular weight is 257 g/mol. The SMILES string of the molecule is CC(C)C1CCCN1c1cc(Cl)c(F)cc1N. The number of rotatable bonds is 2. The van der Waals surface area contributed by atoms with Crippen molar-refractivity contribution in [2.24, 2.45) is 5.92 Å². The Labute approximate surface area is 107 Å². The van der Waals surface area contributed by atoms with Crippen molar-refractivity contribution in [3.05, 3.63) is 23.0 Å². The third-order valence-corrected chi connectivity index (χ3v) is 3.74. The molecule has 94 valence electrons. The van der Waals surface area contributed by atoms with Crippen LogP contribution in [0.1, 0.15) is 26.7 Å². The lowest BCUT2D eigenvalue weighted by Gasteiger charge is -2.30. The molecule has 1 aromatic rings. The lowest BCUT2D eigenvalue weighted by Crippen LogP contribution is -2.33. The molecule has 17 heavy (non-hydrogen) atoms. The Morgan fingerprint density at radius 3 is 2.82 bits per heavy atom. The van der Waals surface area contributed by atoms with Crippen molar-refractivity contribution < 1.29 is 4.39 Å². The molecule has 1 unspecified atom stereocenters. The van der Waals surface area contributed by atoms with Gasteiger partial charge in [0.1, 0.15) is 5.82 Å². The van der Waals surface area contributed by atoms with Gasteiger partial charge in [0, 0.05) is 18.7 Å². The third-order valence-electron chi connectivity index (χ3n) is 3.45. The van der Waals surface area contributed by atoms with Crippen molar-refractivity contribution >= 4 is 23.0 Å². The number of hydrogen-bond acceptors (Lipinski definition) is 2. The molecule has 0 spiro atoms. The van der Waals surface area contributed by atoms with Crippen LogP contribution in [0.25, 0.3) is 0 Å². The van der Waals surface area contributed by atoms with Crippen LogP contribution in [0, 0.1) is 11.7 Å². The number of benzene rings is 1. The quantitative estimate of drug-likeness (QED) is 0.818. The minimum absolute atomic E-state index is 0.142. The zero-order valence-electron chi connectivity index (χ0n) is 10.2. The van der Waals surface area contributed by atoms with Gasteiger partial charge in [0.05, 0.1) is 16.4 Å². The summed E-state index contributed by atoms with van der Waals surface area (Å²) in [6, 6.07) is 3.43. The summed E-state index contributed by atoms with van der Waals surface area (Å²) < 4.78 is 13.3. The molecule has 1 atom stereocenters. The highest BCUT2D eigenvalue weighted by Crippen LogP contribution is 2.36. The van der Waals surface area contributed by atoms with Gasteiger partial charge in [-0.2, -0.15) is 0 Å². The van der Waals surface area contributed by atoms with Crippen LogP contribution in [-0.4, -0.2) is 12.6 Å². The number of halogens is 2. The number of anilines is 2. The van der Waals surface area contributed by atoms with E-state index in [1.54, 1.807) is 6.07 Å². The molecule has 0 saturated carbocycles. The van der Waals surface area contributed by atoms with Gasteiger partial charge in [-0.25, -0.2) is 4.39 Å². The maximum atomic E-state index is 13.3. The molecule has 0 amide bonds. The summed E-state index contributed by atoms with van der Waals surface area (Å²) in [4.78, 5) is 2.26. The van der Waals surface area contributed by atoms with Gasteiger partial charge >= 0.3 is 0 Å². The van der Waals surface area contributed by atoms with Crippen LogP contribution in [0.3, 0.4) is 0 Å². The molecule has 1 aromatic carbocycles. The average Bonchev–Trinajstić information content (AvgIpc) is 2.72. The van der Waals surface area contributed by atoms with Crippen LogP contribution in [-0.2, 0) is 0 Å². The molecule has 2 nitrogen and oxygen atoms in total. The second kappa shape index (κ2) is 4.73. The fraction of sp³-hybridized carbons (Fsp3) is 0.538. The molecule has 1 aliphatic rings. The van der Waals surface area contributed by atoms with Gasteiger partial charge in [0.15, 0.2) is 0 Å². The van der Waals surface area contributed by atoms with Gasteiger partial charge in [-0.05, 0) is 24.8 Å². The highest BCUT2D eigenvalue weighted by atomic mass is 35.5. The normalized spacial score (nSPS) is 20.3. The highest BCUT2D eigenvalue weighted by molar-refractivity contribution is 6.31. The van der Waals surface area contributed by atoms with E-state index < -0.39 is 5.82 Å². The van der Waals surface area contributed by atoms with Crippen LogP contribution in [0.2, 0.25) is 5.02 Å². The van der Waals surface area contributed by atoms with Gasteiger partial charge in [-0.1, -0.05) is 25.4 Å². The smallest absolute Gasteiger partial charge is 0.143 e. The molecule has 1 saturated heterocycles. The predicted molar refractivity (Wildman–Crippen MR) is 71.0 cm³/mol. The Kier molecular flexibility index (Phi) is 3.48. The van der Waals surface area contributed by atoms with E-state index in [1.165, 1.54) is 6.07 Å². The van der Waals surface area contributed by atoms with Gasteiger partial charge in [0.2, 0.25) is 0 Å². The second-order valence-electron chi connectivity index (χ2n) is 4.97. The highest BCUT2D eigenvalue weighted by Gasteiger charge is 2.28. The number of nitrogens with zero attached hydrogens (tertiary/aromatic N) is 1. The summed E-state index contributed by atoms with van der Waals surface area (Å²) in [5, 5.41) is 0.142. The summed E-state index contributed by atoms with van der Waals surface area (Å²) in [5.74, 6) is 0.105. The van der Waals surface area contributed by atoms with Crippen molar-refractivity contribution in [3.8, 4) is 0 Å². The fourth-order valence-corrected chi connectivity index (χ4v) is 2.74. The van der Waals surface area contributed by atoms with Crippen molar-refractivity contribution in [3.63, 3.8) is 0 Å². The van der Waals surface area contributed by atoms with E-state index in [0.29, 0.717) is 17.6 Å². The molecule has 1 heterocycles. The minimum atomic E-state index is -0.451. The first kappa shape index (κ1) is 12.5. The van der Waals surface area contributed by atoms with E-state index in [-0.39, 0.29) is 5.02 Å². The van der Waals surface area contributed by atoms with Crippen molar-refractivity contribution in [1.29, 1.82) is 0 Å². The molecule has 4 heteroatoms. The summed E-state index contributed by atoms with van der Waals surface area (Å²) in [7, 11) is 0. The van der Waals surface area contributed by atoms with E-state index >= 15 is 0 Å². The molecule has 0 aromatic heterocycles. The van der Waals surface area contributed by atoms with Crippen molar-refractivity contribution in [2.75, 3.05) is 17.2 Å². The molecule has 2 N–H and O–H groups in total. The Hall–Kier alpha value is -0.960. The first-order valence-corrected chi connectivity index (χ1v) is 6.39. The van der Waals surface area contributed by atoms with Crippen LogP contribution in [0.15, 0.2) is 12.1 Å². The van der Waals surface area contributed by atoms with Gasteiger partial charge in [-0.15, -0.1) is 0 Å². The summed E-state index contributed by atoms with van der Waals surface area (Å²) in [5.41, 5.74) is 7.23. The molecule has 1 aliphatic heterocycles. The topological polar surface area (TPSA) is 29.3 Å². The van der Waals surface area contributed by atoms with Gasteiger partial charge in [-0.3, -0.25) is 0 Å². The second-order valence-corrected chi connectivity index (χ2v) is 5.38. The van der Waals surface area contributed by atoms with E-state index in [9.17, 15) is 4.39 Å². The zero-order valence-corrected chi connectivity index (χ0v) is 11.0. The van der Waals surface area contributed by atoms with Gasteiger partial charge in [0.25, 0.3) is 0 Å². The van der Waals surface area contributed by atoms with Crippen LogP contribution < -0.4 is 10.6 Å². The van der Waals surface area contributed by atoms with Crippen LogP contribution in [0.4, 0.5) is 15.8 Å². The number of nitrogens with two attached hydrogens (primary N) is 1. The predicted octanol–water partition coefficient (Wildman–Crippen LogP) is 3.69. The Balaban J connectivity index is 2.36. The molecule has 1 fully saturated rings. The summed E-state index contributed by atoms with van der Waals surface area (Å²) >= 11 is 5.83. The van der Waals surface area contributed by atoms with Crippen LogP contribution >= 0.6 is 11.6 Å². The Bertz CT molecular complexity index is 420. The van der Waals surface area contributed by atoms with E-state index in [1.807, 2.05) is 0 Å². The van der Waals surface area contributed by atoms with Gasteiger partial charge < -0.3 is 10.6 Å². The number of nitrogen functional groups attached to an aromatic ring is 1. The minimum Gasteiger partial charge on any atom is -0.397 e. The molecular formula is C13H18ClFN2. The molecule has 0 aliphatic carbocycles. The monoisotopic (exact) mass is 256 g/mol. The molecule has 2 rings (SSSR count). The molecule has 0 radical (unpaired) electrons. The lowest BCUT2D eigenvalue weighted by molar-refractivity contribution is 0.492. The first-order valence-electron chi connectivity index (χ1n) is 6.02. The van der Waals surface area contributed by atoms with E-state index in [4.69, 9.17) is 17.3 Å². The third kappa shape index (κ3) is 2.34. The van der Waals surface area contributed by atoms with Crippen LogP contribution in [0.5, 0.6) is 0 Å². The first-order chi connectivity index (χ1) is 8.00. The van der Waals surface area contributed by atoms with E-state index in [0.717, 1.165) is 25.1 Å². The van der Waals surface area contributed by atoms with Crippen molar-refractivity contribution in [2.45, 2.75) is 32.7 Å². The molecular weight excluding hydrogens is 239 g/mol. The maximum Gasteiger partial charge on any atom is 0.143 e. The lowest BCUT2D eigenvalue weighted by atomic mass is 10.0. The summed E-state index contributed by atoms with van der Waals surface area (Å²) in [6.45, 7) is 5.36. The van der Waals surface area contributed by atoms with E-state index in [2.05, 4.69) is 18.7 Å². The summed E-state index contributed by atoms with van der Waals surface area (Å²) in [6.07, 6.45) is 2.31. The zero-order chi connectivity index (χ0) is 12.6. The number of hydrogen-bond donors (Lipinski definition) is 1. The molecule has 0 bridgehead atoms. The Morgan fingerprint density at radius 2 is 2.18 bits per heavy atom. The van der Waals surface area contributed by atoms with Crippen molar-refractivity contribution in [1.82, 2.24) is 0 Å². The maximum absolute atomic E-state index is 13.3. The largest absolute Gasteiger partial charge is 0.397 e. The Morgan fingerprint density at radius 1 is 1.47 bits per heavy atom. The standard InChI is InChI=1S/C13H18ClFN2/c1-8(2)12-4-3-5-17(12)13-6-9(14)10(15)7-11(13)16/h6-8,12H,3-5,16H2,1-2H3. The fourth-order valence-electron chi connectivity index (χ4n) is 2.59.